The molecule has 1 aromatic rings. The number of ether oxygens (including phenoxy) is 1. The number of halogens is 1. The van der Waals surface area contributed by atoms with Gasteiger partial charge in [0.1, 0.15) is 17.7 Å². The molecule has 0 amide bonds. The summed E-state index contributed by atoms with van der Waals surface area (Å²) in [6, 6.07) is 5.52. The highest BCUT2D eigenvalue weighted by atomic mass is 19.1. The SMILES string of the molecule is CCC1(CC)C(NC)CC1Oc1ccc(F)c(C)c1. The van der Waals surface area contributed by atoms with Gasteiger partial charge >= 0.3 is 0 Å². The molecule has 0 bridgehead atoms. The van der Waals surface area contributed by atoms with Gasteiger partial charge in [-0.2, -0.15) is 0 Å². The maximum Gasteiger partial charge on any atom is 0.126 e. The van der Waals surface area contributed by atoms with Crippen LogP contribution in [0, 0.1) is 18.2 Å². The zero-order chi connectivity index (χ0) is 14.0. The minimum atomic E-state index is -0.175. The van der Waals surface area contributed by atoms with E-state index in [-0.39, 0.29) is 17.3 Å². The van der Waals surface area contributed by atoms with Gasteiger partial charge in [-0.25, -0.2) is 4.39 Å². The second kappa shape index (κ2) is 5.49. The highest BCUT2D eigenvalue weighted by molar-refractivity contribution is 5.29. The van der Waals surface area contributed by atoms with Crippen LogP contribution in [0.25, 0.3) is 0 Å². The largest absolute Gasteiger partial charge is 0.490 e. The predicted octanol–water partition coefficient (Wildman–Crippen LogP) is 3.68. The zero-order valence-electron chi connectivity index (χ0n) is 12.3. The van der Waals surface area contributed by atoms with Crippen molar-refractivity contribution in [3.63, 3.8) is 0 Å². The molecule has 0 aromatic heterocycles. The molecule has 0 aliphatic heterocycles. The van der Waals surface area contributed by atoms with Gasteiger partial charge < -0.3 is 10.1 Å². The summed E-state index contributed by atoms with van der Waals surface area (Å²) in [5, 5.41) is 3.39. The van der Waals surface area contributed by atoms with Crippen LogP contribution in [0.15, 0.2) is 18.2 Å². The van der Waals surface area contributed by atoms with Crippen LogP contribution < -0.4 is 10.1 Å². The summed E-state index contributed by atoms with van der Waals surface area (Å²) in [5.74, 6) is 0.607. The van der Waals surface area contributed by atoms with E-state index in [2.05, 4.69) is 19.2 Å². The third-order valence-corrected chi connectivity index (χ3v) is 4.86. The number of benzene rings is 1. The highest BCUT2D eigenvalue weighted by Crippen LogP contribution is 2.48. The van der Waals surface area contributed by atoms with Gasteiger partial charge in [0, 0.05) is 17.9 Å². The van der Waals surface area contributed by atoms with Crippen molar-refractivity contribution in [2.24, 2.45) is 5.41 Å². The summed E-state index contributed by atoms with van der Waals surface area (Å²) in [5.41, 5.74) is 0.845. The first-order valence-electron chi connectivity index (χ1n) is 7.17. The van der Waals surface area contributed by atoms with Crippen molar-refractivity contribution in [3.05, 3.63) is 29.6 Å². The van der Waals surface area contributed by atoms with E-state index < -0.39 is 0 Å². The second-order valence-corrected chi connectivity index (χ2v) is 5.53. The first kappa shape index (κ1) is 14.3. The summed E-state index contributed by atoms with van der Waals surface area (Å²) in [4.78, 5) is 0. The molecule has 2 unspecified atom stereocenters. The Bertz CT molecular complexity index is 442. The van der Waals surface area contributed by atoms with Crippen LogP contribution in [0.1, 0.15) is 38.7 Å². The molecule has 2 nitrogen and oxygen atoms in total. The molecule has 2 atom stereocenters. The van der Waals surface area contributed by atoms with E-state index in [0.717, 1.165) is 25.0 Å². The molecule has 1 aliphatic carbocycles. The predicted molar refractivity (Wildman–Crippen MR) is 76.0 cm³/mol. The number of hydrogen-bond donors (Lipinski definition) is 1. The maximum absolute atomic E-state index is 13.3. The average molecular weight is 265 g/mol. The molecule has 3 heteroatoms. The van der Waals surface area contributed by atoms with Crippen LogP contribution >= 0.6 is 0 Å². The van der Waals surface area contributed by atoms with E-state index in [9.17, 15) is 4.39 Å². The van der Waals surface area contributed by atoms with Crippen molar-refractivity contribution < 1.29 is 9.13 Å². The fraction of sp³-hybridized carbons (Fsp3) is 0.625. The van der Waals surface area contributed by atoms with Gasteiger partial charge in [0.2, 0.25) is 0 Å². The number of rotatable bonds is 5. The minimum Gasteiger partial charge on any atom is -0.490 e. The van der Waals surface area contributed by atoms with Gasteiger partial charge in [-0.1, -0.05) is 13.8 Å². The summed E-state index contributed by atoms with van der Waals surface area (Å²) in [6.07, 6.45) is 3.44. The zero-order valence-corrected chi connectivity index (χ0v) is 12.3. The fourth-order valence-electron chi connectivity index (χ4n) is 3.37. The van der Waals surface area contributed by atoms with Crippen LogP contribution in [-0.4, -0.2) is 19.2 Å². The summed E-state index contributed by atoms with van der Waals surface area (Å²) >= 11 is 0. The van der Waals surface area contributed by atoms with Gasteiger partial charge in [0.25, 0.3) is 0 Å². The Kier molecular flexibility index (Phi) is 4.14. The molecule has 1 aromatic carbocycles. The lowest BCUT2D eigenvalue weighted by Gasteiger charge is -2.55. The molecule has 0 radical (unpaired) electrons. The van der Waals surface area contributed by atoms with Crippen LogP contribution in [0.2, 0.25) is 0 Å². The molecule has 1 N–H and O–H groups in total. The Labute approximate surface area is 115 Å². The first-order chi connectivity index (χ1) is 9.07. The van der Waals surface area contributed by atoms with E-state index in [1.807, 2.05) is 7.05 Å². The Morgan fingerprint density at radius 3 is 2.58 bits per heavy atom. The molecule has 1 saturated carbocycles. The van der Waals surface area contributed by atoms with E-state index in [0.29, 0.717) is 11.6 Å². The smallest absolute Gasteiger partial charge is 0.126 e. The van der Waals surface area contributed by atoms with Crippen molar-refractivity contribution in [2.45, 2.75) is 52.2 Å². The molecule has 0 saturated heterocycles. The van der Waals surface area contributed by atoms with Crippen molar-refractivity contribution in [1.82, 2.24) is 5.32 Å². The quantitative estimate of drug-likeness (QED) is 0.877. The number of hydrogen-bond acceptors (Lipinski definition) is 2. The molecule has 1 fully saturated rings. The maximum atomic E-state index is 13.3. The minimum absolute atomic E-state index is 0.175. The monoisotopic (exact) mass is 265 g/mol. The van der Waals surface area contributed by atoms with Gasteiger partial charge in [-0.15, -0.1) is 0 Å². The van der Waals surface area contributed by atoms with Crippen LogP contribution in [0.3, 0.4) is 0 Å². The molecule has 19 heavy (non-hydrogen) atoms. The van der Waals surface area contributed by atoms with Crippen molar-refractivity contribution >= 4 is 0 Å². The first-order valence-corrected chi connectivity index (χ1v) is 7.17. The second-order valence-electron chi connectivity index (χ2n) is 5.53. The summed E-state index contributed by atoms with van der Waals surface area (Å²) < 4.78 is 19.4. The van der Waals surface area contributed by atoms with Crippen LogP contribution in [0.4, 0.5) is 4.39 Å². The summed E-state index contributed by atoms with van der Waals surface area (Å²) in [7, 11) is 2.02. The lowest BCUT2D eigenvalue weighted by molar-refractivity contribution is -0.0836. The molecule has 106 valence electrons. The molecular formula is C16H24FNO. The van der Waals surface area contributed by atoms with E-state index in [1.54, 1.807) is 19.1 Å². The van der Waals surface area contributed by atoms with Crippen molar-refractivity contribution in [1.29, 1.82) is 0 Å². The van der Waals surface area contributed by atoms with Gasteiger partial charge in [0.15, 0.2) is 0 Å². The highest BCUT2D eigenvalue weighted by Gasteiger charge is 2.53. The topological polar surface area (TPSA) is 21.3 Å². The van der Waals surface area contributed by atoms with Crippen LogP contribution in [-0.2, 0) is 0 Å². The van der Waals surface area contributed by atoms with E-state index in [1.165, 1.54) is 6.07 Å². The number of nitrogens with one attached hydrogen (secondary N) is 1. The van der Waals surface area contributed by atoms with Crippen molar-refractivity contribution in [3.8, 4) is 5.75 Å². The third kappa shape index (κ3) is 2.36. The van der Waals surface area contributed by atoms with Crippen molar-refractivity contribution in [2.75, 3.05) is 7.05 Å². The van der Waals surface area contributed by atoms with Gasteiger partial charge in [0.05, 0.1) is 0 Å². The Hall–Kier alpha value is -1.09. The van der Waals surface area contributed by atoms with E-state index in [4.69, 9.17) is 4.74 Å². The average Bonchev–Trinajstić information content (AvgIpc) is 2.40. The van der Waals surface area contributed by atoms with Gasteiger partial charge in [-0.05, 0) is 50.6 Å². The molecule has 1 aliphatic rings. The molecule has 0 spiro atoms. The Balaban J connectivity index is 2.13. The molecule has 2 rings (SSSR count). The van der Waals surface area contributed by atoms with Crippen LogP contribution in [0.5, 0.6) is 5.75 Å². The molecular weight excluding hydrogens is 241 g/mol. The normalized spacial score (nSPS) is 24.9. The standard InChI is InChI=1S/C16H24FNO/c1-5-16(6-2)14(18-4)10-15(16)19-12-7-8-13(17)11(3)9-12/h7-9,14-15,18H,5-6,10H2,1-4H3. The Morgan fingerprint density at radius 1 is 1.37 bits per heavy atom. The lowest BCUT2D eigenvalue weighted by atomic mass is 9.58. The van der Waals surface area contributed by atoms with Gasteiger partial charge in [-0.3, -0.25) is 0 Å². The fourth-order valence-corrected chi connectivity index (χ4v) is 3.37. The molecule has 0 heterocycles. The Morgan fingerprint density at radius 2 is 2.05 bits per heavy atom. The summed E-state index contributed by atoms with van der Waals surface area (Å²) in [6.45, 7) is 6.21. The van der Waals surface area contributed by atoms with E-state index >= 15 is 0 Å². The lowest BCUT2D eigenvalue weighted by Crippen LogP contribution is -2.63. The third-order valence-electron chi connectivity index (χ3n) is 4.86. The number of aryl methyl sites for hydroxylation is 1.